The maximum Gasteiger partial charge on any atom is 0.357 e. The van der Waals surface area contributed by atoms with Crippen molar-refractivity contribution in [3.63, 3.8) is 0 Å². The van der Waals surface area contributed by atoms with Crippen molar-refractivity contribution in [3.8, 4) is 0 Å². The number of aryl methyl sites for hydroxylation is 1. The van der Waals surface area contributed by atoms with Crippen molar-refractivity contribution in [2.24, 2.45) is 0 Å². The Morgan fingerprint density at radius 3 is 2.62 bits per heavy atom. The van der Waals surface area contributed by atoms with Crippen molar-refractivity contribution in [1.29, 1.82) is 0 Å². The lowest BCUT2D eigenvalue weighted by Crippen LogP contribution is -2.18. The zero-order valence-electron chi connectivity index (χ0n) is 13.6. The molecule has 0 amide bonds. The number of carbonyl (C=O) groups is 2. The normalized spacial score (nSPS) is 11.4. The van der Waals surface area contributed by atoms with Gasteiger partial charge in [0.1, 0.15) is 0 Å². The van der Waals surface area contributed by atoms with Gasteiger partial charge in [0.25, 0.3) is 0 Å². The van der Waals surface area contributed by atoms with Crippen LogP contribution in [-0.4, -0.2) is 38.6 Å². The fourth-order valence-corrected chi connectivity index (χ4v) is 3.08. The number of Topliss-reactive ketones (excluding diaryl/α,β-unsaturated/α-hetero) is 1. The number of carbonyl (C=O) groups excluding carboxylic acids is 2. The predicted molar refractivity (Wildman–Crippen MR) is 97.8 cm³/mol. The number of hydrogen-bond donors (Lipinski definition) is 0. The van der Waals surface area contributed by atoms with Crippen molar-refractivity contribution >= 4 is 46.5 Å². The van der Waals surface area contributed by atoms with Crippen LogP contribution in [-0.2, 0) is 9.53 Å². The van der Waals surface area contributed by atoms with Crippen LogP contribution in [0.1, 0.15) is 21.1 Å². The molecule has 26 heavy (non-hydrogen) atoms. The molecule has 0 aliphatic heterocycles. The number of ether oxygens (including phenoxy) is 1. The van der Waals surface area contributed by atoms with E-state index >= 15 is 0 Å². The largest absolute Gasteiger partial charge is 0.453 e. The third kappa shape index (κ3) is 4.22. The first-order valence-electron chi connectivity index (χ1n) is 7.52. The summed E-state index contributed by atoms with van der Waals surface area (Å²) >= 11 is 6.95. The summed E-state index contributed by atoms with van der Waals surface area (Å²) in [4.78, 5) is 25.1. The van der Waals surface area contributed by atoms with Gasteiger partial charge in [0.05, 0.1) is 9.21 Å². The Morgan fingerprint density at radius 2 is 2.00 bits per heavy atom. The van der Waals surface area contributed by atoms with E-state index < -0.39 is 12.6 Å². The predicted octanol–water partition coefficient (Wildman–Crippen LogP) is 3.12. The topological polar surface area (TPSA) is 87.0 Å². The summed E-state index contributed by atoms with van der Waals surface area (Å²) in [6.45, 7) is 1.26. The number of ketones is 1. The molecule has 0 radical (unpaired) electrons. The summed E-state index contributed by atoms with van der Waals surface area (Å²) in [6.07, 6.45) is 1.60. The van der Waals surface area contributed by atoms with Gasteiger partial charge in [-0.25, -0.2) is 4.79 Å². The van der Waals surface area contributed by atoms with Crippen LogP contribution in [0.25, 0.3) is 11.8 Å². The van der Waals surface area contributed by atoms with E-state index in [-0.39, 0.29) is 11.5 Å². The molecule has 0 saturated carbocycles. The lowest BCUT2D eigenvalue weighted by atomic mass is 10.2. The van der Waals surface area contributed by atoms with Crippen LogP contribution < -0.4 is 0 Å². The summed E-state index contributed by atoms with van der Waals surface area (Å²) in [5.74, 6) is -0.622. The molecule has 132 valence electrons. The average molecular weight is 389 g/mol. The van der Waals surface area contributed by atoms with E-state index in [1.165, 1.54) is 4.68 Å². The van der Waals surface area contributed by atoms with Gasteiger partial charge in [-0.3, -0.25) is 4.79 Å². The highest BCUT2D eigenvalue weighted by molar-refractivity contribution is 7.18. The van der Waals surface area contributed by atoms with Crippen molar-refractivity contribution in [3.05, 3.63) is 63.1 Å². The third-order valence-electron chi connectivity index (χ3n) is 3.35. The Morgan fingerprint density at radius 1 is 1.23 bits per heavy atom. The van der Waals surface area contributed by atoms with Crippen LogP contribution in [0.4, 0.5) is 0 Å². The number of aromatic nitrogens is 4. The molecule has 0 bridgehead atoms. The lowest BCUT2D eigenvalue weighted by Gasteiger charge is -2.08. The summed E-state index contributed by atoms with van der Waals surface area (Å²) in [6, 6.07) is 12.4. The molecule has 0 aliphatic carbocycles. The number of nitrogens with zero attached hydrogens (tertiary/aromatic N) is 4. The second kappa shape index (κ2) is 8.03. The first-order valence-corrected chi connectivity index (χ1v) is 8.72. The van der Waals surface area contributed by atoms with E-state index in [0.29, 0.717) is 15.0 Å². The van der Waals surface area contributed by atoms with Gasteiger partial charge < -0.3 is 4.74 Å². The Bertz CT molecular complexity index is 965. The van der Waals surface area contributed by atoms with Crippen LogP contribution in [0.15, 0.2) is 42.5 Å². The lowest BCUT2D eigenvalue weighted by molar-refractivity contribution is -0.136. The molecule has 2 heterocycles. The molecule has 0 aliphatic rings. The molecule has 3 rings (SSSR count). The molecule has 7 nitrogen and oxygen atoms in total. The molecule has 9 heteroatoms. The maximum atomic E-state index is 12.6. The van der Waals surface area contributed by atoms with E-state index in [4.69, 9.17) is 16.3 Å². The molecule has 2 aromatic heterocycles. The van der Waals surface area contributed by atoms with Gasteiger partial charge in [0.2, 0.25) is 5.78 Å². The maximum absolute atomic E-state index is 12.6. The molecular formula is C17H13ClN4O3S. The molecule has 1 aromatic carbocycles. The number of hydrogen-bond acceptors (Lipinski definition) is 7. The van der Waals surface area contributed by atoms with E-state index in [2.05, 4.69) is 15.5 Å². The Hall–Kier alpha value is -2.84. The number of esters is 1. The van der Waals surface area contributed by atoms with E-state index in [0.717, 1.165) is 16.9 Å². The fourth-order valence-electron chi connectivity index (χ4n) is 2.11. The molecule has 0 atom stereocenters. The fraction of sp³-hybridized carbons (Fsp3) is 0.118. The number of halogens is 1. The summed E-state index contributed by atoms with van der Waals surface area (Å²) < 4.78 is 6.93. The highest BCUT2D eigenvalue weighted by Crippen LogP contribution is 2.22. The molecule has 0 N–H and O–H groups in total. The zero-order valence-corrected chi connectivity index (χ0v) is 15.2. The number of benzene rings is 1. The van der Waals surface area contributed by atoms with Crippen molar-refractivity contribution in [1.82, 2.24) is 20.2 Å². The molecule has 0 spiro atoms. The Kier molecular flexibility index (Phi) is 5.55. The van der Waals surface area contributed by atoms with E-state index in [1.54, 1.807) is 25.1 Å². The summed E-state index contributed by atoms with van der Waals surface area (Å²) in [7, 11) is 0. The second-order valence-corrected chi connectivity index (χ2v) is 6.90. The number of rotatable bonds is 6. The standard InChI is InChI=1S/C17H13ClN4O3S/c1-11-19-20-21-22(11)13(9-12-5-3-2-4-6-12)17(24)25-10-14(23)15-7-8-16(18)26-15/h2-9H,10H2,1H3/b13-9-. The quantitative estimate of drug-likeness (QED) is 0.366. The first kappa shape index (κ1) is 18.0. The summed E-state index contributed by atoms with van der Waals surface area (Å²) in [5.41, 5.74) is 0.876. The van der Waals surface area contributed by atoms with Crippen LogP contribution in [0.5, 0.6) is 0 Å². The van der Waals surface area contributed by atoms with Gasteiger partial charge in [0.15, 0.2) is 18.1 Å². The molecule has 0 fully saturated rings. The molecule has 0 saturated heterocycles. The number of thiophene rings is 1. The van der Waals surface area contributed by atoms with Crippen LogP contribution in [0.3, 0.4) is 0 Å². The Balaban J connectivity index is 1.80. The first-order chi connectivity index (χ1) is 12.5. The minimum Gasteiger partial charge on any atom is -0.453 e. The molecule has 0 unspecified atom stereocenters. The van der Waals surface area contributed by atoms with Crippen LogP contribution in [0.2, 0.25) is 4.34 Å². The third-order valence-corrected chi connectivity index (χ3v) is 4.62. The van der Waals surface area contributed by atoms with Gasteiger partial charge in [-0.1, -0.05) is 41.9 Å². The zero-order chi connectivity index (χ0) is 18.5. The monoisotopic (exact) mass is 388 g/mol. The van der Waals surface area contributed by atoms with Crippen LogP contribution >= 0.6 is 22.9 Å². The average Bonchev–Trinajstić information content (AvgIpc) is 3.26. The number of tetrazole rings is 1. The smallest absolute Gasteiger partial charge is 0.357 e. The van der Waals surface area contributed by atoms with Gasteiger partial charge in [-0.2, -0.15) is 4.68 Å². The van der Waals surface area contributed by atoms with Gasteiger partial charge in [0, 0.05) is 0 Å². The highest BCUT2D eigenvalue weighted by atomic mass is 35.5. The van der Waals surface area contributed by atoms with E-state index in [9.17, 15) is 9.59 Å². The van der Waals surface area contributed by atoms with Gasteiger partial charge >= 0.3 is 5.97 Å². The van der Waals surface area contributed by atoms with E-state index in [1.807, 2.05) is 30.3 Å². The molecule has 3 aromatic rings. The van der Waals surface area contributed by atoms with Gasteiger partial charge in [-0.15, -0.1) is 16.4 Å². The van der Waals surface area contributed by atoms with Gasteiger partial charge in [-0.05, 0) is 41.1 Å². The highest BCUT2D eigenvalue weighted by Gasteiger charge is 2.20. The second-order valence-electron chi connectivity index (χ2n) is 5.18. The minimum atomic E-state index is -0.708. The van der Waals surface area contributed by atoms with Crippen LogP contribution in [0, 0.1) is 6.92 Å². The molecular weight excluding hydrogens is 376 g/mol. The van der Waals surface area contributed by atoms with Crippen molar-refractivity contribution in [2.45, 2.75) is 6.92 Å². The van der Waals surface area contributed by atoms with Crippen molar-refractivity contribution < 1.29 is 14.3 Å². The Labute approximate surface area is 157 Å². The SMILES string of the molecule is Cc1nnnn1/C(=C\c1ccccc1)C(=O)OCC(=O)c1ccc(Cl)s1. The van der Waals surface area contributed by atoms with Crippen molar-refractivity contribution in [2.75, 3.05) is 6.61 Å². The summed E-state index contributed by atoms with van der Waals surface area (Å²) in [5, 5.41) is 11.1. The minimum absolute atomic E-state index is 0.107.